The molecule has 1 aromatic carbocycles. The fraction of sp³-hybridized carbons (Fsp3) is 0.562. The average Bonchev–Trinajstić information content (AvgIpc) is 3.04. The Hall–Kier alpha value is -5.02. The Morgan fingerprint density at radius 3 is 1.50 bits per heavy atom. The predicted molar refractivity (Wildman–Crippen MR) is 175 cm³/mol. The van der Waals surface area contributed by atoms with Gasteiger partial charge in [0.15, 0.2) is 0 Å². The van der Waals surface area contributed by atoms with Gasteiger partial charge in [0, 0.05) is 77.7 Å². The second-order valence-corrected chi connectivity index (χ2v) is 10.9. The molecule has 266 valence electrons. The van der Waals surface area contributed by atoms with Crippen molar-refractivity contribution in [2.24, 2.45) is 0 Å². The minimum atomic E-state index is -1.19. The molecule has 16 heteroatoms. The van der Waals surface area contributed by atoms with Gasteiger partial charge in [-0.15, -0.1) is 0 Å². The molecule has 48 heavy (non-hydrogen) atoms. The Morgan fingerprint density at radius 1 is 0.583 bits per heavy atom. The van der Waals surface area contributed by atoms with Gasteiger partial charge in [0.05, 0.1) is 0 Å². The number of hydrogen-bond acceptors (Lipinski definition) is 8. The molecule has 0 spiro atoms. The lowest BCUT2D eigenvalue weighted by Crippen LogP contribution is -2.51. The molecule has 0 saturated heterocycles. The zero-order chi connectivity index (χ0) is 35.7. The van der Waals surface area contributed by atoms with Crippen LogP contribution in [-0.2, 0) is 44.8 Å². The van der Waals surface area contributed by atoms with Crippen LogP contribution < -0.4 is 37.2 Å². The molecule has 0 fully saturated rings. The molecule has 8 N–H and O–H groups in total. The van der Waals surface area contributed by atoms with Gasteiger partial charge in [0.2, 0.25) is 41.4 Å². The standard InChI is InChI=1S/C32H49N7O9/c1-3-25(40)34-17-12-27(42)36-19-14-29(44)37-20-15-28(43)35-18-13-26(41)33-16-8-7-11-30(45)39-24(21-23-9-5-4-6-10-23)31(46)38-22(2)32(47)48/h4-6,9-10,22,24H,3,7-8,11-21H2,1-2H3,(H,33,41)(H,34,40)(H,35,43)(H,36,42)(H,37,44)(H,38,46)(H,39,45)(H,47,48)/t22-,24-/m1/s1. The van der Waals surface area contributed by atoms with Crippen LogP contribution in [0.5, 0.6) is 0 Å². The van der Waals surface area contributed by atoms with E-state index < -0.39 is 24.0 Å². The molecule has 0 aliphatic rings. The minimum Gasteiger partial charge on any atom is -0.480 e. The molecule has 7 amide bonds. The van der Waals surface area contributed by atoms with E-state index in [9.17, 15) is 38.4 Å². The van der Waals surface area contributed by atoms with Gasteiger partial charge in [0.1, 0.15) is 12.1 Å². The van der Waals surface area contributed by atoms with Gasteiger partial charge in [-0.2, -0.15) is 0 Å². The molecule has 1 rings (SSSR count). The summed E-state index contributed by atoms with van der Waals surface area (Å²) in [5.74, 6) is -3.55. The molecule has 0 aliphatic carbocycles. The maximum absolute atomic E-state index is 12.7. The van der Waals surface area contributed by atoms with Crippen molar-refractivity contribution in [2.45, 2.75) is 83.7 Å². The molecule has 16 nitrogen and oxygen atoms in total. The largest absolute Gasteiger partial charge is 0.480 e. The Balaban J connectivity index is 2.18. The smallest absolute Gasteiger partial charge is 0.325 e. The number of aliphatic carboxylic acids is 1. The number of unbranched alkanes of at least 4 members (excludes halogenated alkanes) is 1. The van der Waals surface area contributed by atoms with Crippen LogP contribution >= 0.6 is 0 Å². The SMILES string of the molecule is CCC(=O)NCCC(=O)NCCC(=O)NCCC(=O)NCCC(=O)NCCCCC(=O)N[C@H](Cc1ccccc1)C(=O)N[C@H](C)C(=O)O. The highest BCUT2D eigenvalue weighted by Gasteiger charge is 2.24. The lowest BCUT2D eigenvalue weighted by Gasteiger charge is -2.20. The molecular formula is C32H49N7O9. The van der Waals surface area contributed by atoms with Gasteiger partial charge >= 0.3 is 5.97 Å². The summed E-state index contributed by atoms with van der Waals surface area (Å²) in [6.07, 6.45) is 1.78. The van der Waals surface area contributed by atoms with E-state index in [4.69, 9.17) is 5.11 Å². The minimum absolute atomic E-state index is 0.0192. The number of hydrogen-bond donors (Lipinski definition) is 8. The van der Waals surface area contributed by atoms with Gasteiger partial charge in [-0.25, -0.2) is 0 Å². The Kier molecular flexibility index (Phi) is 20.7. The van der Waals surface area contributed by atoms with Crippen LogP contribution in [0.2, 0.25) is 0 Å². The van der Waals surface area contributed by atoms with Crippen LogP contribution in [0.3, 0.4) is 0 Å². The molecule has 0 saturated carbocycles. The number of carboxylic acid groups (broad SMARTS) is 1. The van der Waals surface area contributed by atoms with Crippen LogP contribution in [0.25, 0.3) is 0 Å². The first-order valence-corrected chi connectivity index (χ1v) is 16.1. The second kappa shape index (κ2) is 24.2. The first-order valence-electron chi connectivity index (χ1n) is 16.1. The van der Waals surface area contributed by atoms with E-state index in [1.54, 1.807) is 31.2 Å². The molecule has 1 aromatic rings. The Bertz CT molecular complexity index is 1230. The highest BCUT2D eigenvalue weighted by Crippen LogP contribution is 2.05. The number of nitrogens with one attached hydrogen (secondary N) is 7. The van der Waals surface area contributed by atoms with Crippen LogP contribution in [0.1, 0.15) is 70.8 Å². The normalized spacial score (nSPS) is 11.6. The van der Waals surface area contributed by atoms with Crippen molar-refractivity contribution in [2.75, 3.05) is 32.7 Å². The maximum Gasteiger partial charge on any atom is 0.325 e. The van der Waals surface area contributed by atoms with Crippen molar-refractivity contribution in [3.8, 4) is 0 Å². The molecule has 0 aliphatic heterocycles. The van der Waals surface area contributed by atoms with Crippen LogP contribution in [0.4, 0.5) is 0 Å². The number of carbonyl (C=O) groups is 8. The van der Waals surface area contributed by atoms with Crippen molar-refractivity contribution in [3.05, 3.63) is 35.9 Å². The van der Waals surface area contributed by atoms with Gasteiger partial charge in [0.25, 0.3) is 0 Å². The first kappa shape index (κ1) is 41.0. The fourth-order valence-corrected chi connectivity index (χ4v) is 4.08. The van der Waals surface area contributed by atoms with E-state index in [0.717, 1.165) is 5.56 Å². The quantitative estimate of drug-likeness (QED) is 0.0628. The van der Waals surface area contributed by atoms with E-state index in [1.807, 2.05) is 6.07 Å². The van der Waals surface area contributed by atoms with Crippen molar-refractivity contribution in [1.82, 2.24) is 37.2 Å². The van der Waals surface area contributed by atoms with Crippen LogP contribution in [-0.4, -0.2) is 97.2 Å². The Morgan fingerprint density at radius 2 is 1.04 bits per heavy atom. The van der Waals surface area contributed by atoms with Crippen molar-refractivity contribution in [1.29, 1.82) is 0 Å². The van der Waals surface area contributed by atoms with Crippen molar-refractivity contribution < 1.29 is 43.5 Å². The summed E-state index contributed by atoms with van der Waals surface area (Å²) in [6.45, 7) is 3.92. The van der Waals surface area contributed by atoms with E-state index in [1.165, 1.54) is 6.92 Å². The third-order valence-electron chi connectivity index (χ3n) is 6.83. The highest BCUT2D eigenvalue weighted by atomic mass is 16.4. The fourth-order valence-electron chi connectivity index (χ4n) is 4.08. The second-order valence-electron chi connectivity index (χ2n) is 10.9. The lowest BCUT2D eigenvalue weighted by molar-refractivity contribution is -0.141. The summed E-state index contributed by atoms with van der Waals surface area (Å²) in [5.41, 5.74) is 0.800. The molecule has 0 bridgehead atoms. The van der Waals surface area contributed by atoms with Gasteiger partial charge in [-0.3, -0.25) is 38.4 Å². The van der Waals surface area contributed by atoms with Gasteiger partial charge < -0.3 is 42.3 Å². The zero-order valence-electron chi connectivity index (χ0n) is 27.7. The van der Waals surface area contributed by atoms with E-state index in [0.29, 0.717) is 25.8 Å². The third-order valence-corrected chi connectivity index (χ3v) is 6.83. The zero-order valence-corrected chi connectivity index (χ0v) is 27.7. The number of carboxylic acids is 1. The molecule has 0 radical (unpaired) electrons. The van der Waals surface area contributed by atoms with Crippen molar-refractivity contribution >= 4 is 47.3 Å². The number of amides is 7. The monoisotopic (exact) mass is 675 g/mol. The van der Waals surface area contributed by atoms with Crippen molar-refractivity contribution in [3.63, 3.8) is 0 Å². The summed E-state index contributed by atoms with van der Waals surface area (Å²) in [6, 6.07) is 6.95. The first-order chi connectivity index (χ1) is 22.9. The summed E-state index contributed by atoms with van der Waals surface area (Å²) >= 11 is 0. The van der Waals surface area contributed by atoms with E-state index in [2.05, 4.69) is 37.2 Å². The number of benzene rings is 1. The van der Waals surface area contributed by atoms with Gasteiger partial charge in [-0.05, 0) is 25.3 Å². The number of rotatable bonds is 24. The summed E-state index contributed by atoms with van der Waals surface area (Å²) in [5, 5.41) is 27.2. The third kappa shape index (κ3) is 20.2. The predicted octanol–water partition coefficient (Wildman–Crippen LogP) is -0.975. The van der Waals surface area contributed by atoms with Crippen LogP contribution in [0.15, 0.2) is 30.3 Å². The topological polar surface area (TPSA) is 241 Å². The summed E-state index contributed by atoms with van der Waals surface area (Å²) in [4.78, 5) is 95.1. The highest BCUT2D eigenvalue weighted by molar-refractivity contribution is 5.90. The average molecular weight is 676 g/mol. The Labute approximate surface area is 280 Å². The molecular weight excluding hydrogens is 626 g/mol. The molecule has 0 heterocycles. The van der Waals surface area contributed by atoms with Crippen LogP contribution in [0, 0.1) is 0 Å². The summed E-state index contributed by atoms with van der Waals surface area (Å²) < 4.78 is 0. The van der Waals surface area contributed by atoms with E-state index >= 15 is 0 Å². The maximum atomic E-state index is 12.7. The summed E-state index contributed by atoms with van der Waals surface area (Å²) in [7, 11) is 0. The molecule has 0 aromatic heterocycles. The number of carbonyl (C=O) groups excluding carboxylic acids is 7. The van der Waals surface area contributed by atoms with E-state index in [-0.39, 0.29) is 100 Å². The molecule has 0 unspecified atom stereocenters. The lowest BCUT2D eigenvalue weighted by atomic mass is 10.0. The van der Waals surface area contributed by atoms with Gasteiger partial charge in [-0.1, -0.05) is 37.3 Å². The molecule has 2 atom stereocenters.